The molecule has 1 rings (SSSR count). The zero-order valence-corrected chi connectivity index (χ0v) is 10.5. The first-order valence-corrected chi connectivity index (χ1v) is 5.44. The first kappa shape index (κ1) is 13.0. The Kier molecular flexibility index (Phi) is 4.33. The van der Waals surface area contributed by atoms with Gasteiger partial charge in [-0.3, -0.25) is 0 Å². The molecule has 0 aliphatic heterocycles. The Labute approximate surface area is 97.6 Å². The molecule has 0 fully saturated rings. The maximum Gasteiger partial charge on any atom is 0.119 e. The normalized spacial score (nSPS) is 14.6. The summed E-state index contributed by atoms with van der Waals surface area (Å²) in [6.07, 6.45) is 0.802. The zero-order valence-electron chi connectivity index (χ0n) is 10.5. The molecule has 3 heteroatoms. The van der Waals surface area contributed by atoms with Gasteiger partial charge in [-0.2, -0.15) is 0 Å². The van der Waals surface area contributed by atoms with Gasteiger partial charge in [-0.15, -0.1) is 0 Å². The lowest BCUT2D eigenvalue weighted by Crippen LogP contribution is -2.35. The van der Waals surface area contributed by atoms with Crippen molar-refractivity contribution in [2.24, 2.45) is 5.73 Å². The standard InChI is InChI=1S/C13H21NO2/c1-10-9-11(16-4)5-6-12(10)13(2,14)7-8-15-3/h5-6,9H,7-8,14H2,1-4H3. The number of hydrogen-bond donors (Lipinski definition) is 1. The molecule has 0 saturated heterocycles. The van der Waals surface area contributed by atoms with Crippen LogP contribution in [-0.4, -0.2) is 20.8 Å². The van der Waals surface area contributed by atoms with E-state index in [-0.39, 0.29) is 5.54 Å². The largest absolute Gasteiger partial charge is 0.497 e. The van der Waals surface area contributed by atoms with Crippen LogP contribution in [-0.2, 0) is 10.3 Å². The van der Waals surface area contributed by atoms with Crippen molar-refractivity contribution in [3.63, 3.8) is 0 Å². The Balaban J connectivity index is 2.94. The van der Waals surface area contributed by atoms with Gasteiger partial charge in [0.05, 0.1) is 7.11 Å². The van der Waals surface area contributed by atoms with Crippen LogP contribution >= 0.6 is 0 Å². The molecule has 90 valence electrons. The lowest BCUT2D eigenvalue weighted by molar-refractivity contribution is 0.172. The van der Waals surface area contributed by atoms with E-state index in [2.05, 4.69) is 6.92 Å². The summed E-state index contributed by atoms with van der Waals surface area (Å²) in [5.74, 6) is 0.865. The molecule has 0 aliphatic carbocycles. The number of hydrogen-bond acceptors (Lipinski definition) is 3. The predicted octanol–water partition coefficient (Wildman–Crippen LogP) is 2.21. The highest BCUT2D eigenvalue weighted by atomic mass is 16.5. The van der Waals surface area contributed by atoms with E-state index in [1.54, 1.807) is 14.2 Å². The lowest BCUT2D eigenvalue weighted by Gasteiger charge is -2.27. The summed E-state index contributed by atoms with van der Waals surface area (Å²) >= 11 is 0. The van der Waals surface area contributed by atoms with E-state index < -0.39 is 0 Å². The Bertz CT molecular complexity index is 348. The number of nitrogens with two attached hydrogens (primary N) is 1. The van der Waals surface area contributed by atoms with Crippen LogP contribution in [0.1, 0.15) is 24.5 Å². The summed E-state index contributed by atoms with van der Waals surface area (Å²) in [7, 11) is 3.36. The summed E-state index contributed by atoms with van der Waals surface area (Å²) in [4.78, 5) is 0. The number of ether oxygens (including phenoxy) is 2. The monoisotopic (exact) mass is 223 g/mol. The van der Waals surface area contributed by atoms with E-state index in [0.29, 0.717) is 6.61 Å². The van der Waals surface area contributed by atoms with E-state index in [1.807, 2.05) is 25.1 Å². The Morgan fingerprint density at radius 1 is 1.31 bits per heavy atom. The summed E-state index contributed by atoms with van der Waals surface area (Å²) in [6, 6.07) is 5.98. The van der Waals surface area contributed by atoms with Gasteiger partial charge in [-0.1, -0.05) is 6.07 Å². The van der Waals surface area contributed by atoms with Gasteiger partial charge in [0, 0.05) is 19.3 Å². The topological polar surface area (TPSA) is 44.5 Å². The van der Waals surface area contributed by atoms with E-state index in [4.69, 9.17) is 15.2 Å². The SMILES string of the molecule is COCCC(C)(N)c1ccc(OC)cc1C. The minimum atomic E-state index is -0.355. The third kappa shape index (κ3) is 2.97. The molecule has 0 bridgehead atoms. The van der Waals surface area contributed by atoms with Gasteiger partial charge in [-0.25, -0.2) is 0 Å². The zero-order chi connectivity index (χ0) is 12.2. The number of aryl methyl sites for hydroxylation is 1. The van der Waals surface area contributed by atoms with Crippen molar-refractivity contribution in [2.75, 3.05) is 20.8 Å². The van der Waals surface area contributed by atoms with Crippen molar-refractivity contribution in [1.82, 2.24) is 0 Å². The highest BCUT2D eigenvalue weighted by Gasteiger charge is 2.22. The lowest BCUT2D eigenvalue weighted by atomic mass is 9.87. The average molecular weight is 223 g/mol. The maximum atomic E-state index is 6.30. The molecule has 1 unspecified atom stereocenters. The Morgan fingerprint density at radius 2 is 2.00 bits per heavy atom. The summed E-state index contributed by atoms with van der Waals surface area (Å²) in [5.41, 5.74) is 8.24. The van der Waals surface area contributed by atoms with Gasteiger partial charge in [-0.05, 0) is 43.5 Å². The van der Waals surface area contributed by atoms with Crippen LogP contribution in [0.2, 0.25) is 0 Å². The summed E-state index contributed by atoms with van der Waals surface area (Å²) in [5, 5.41) is 0. The molecule has 0 radical (unpaired) electrons. The molecule has 0 aromatic heterocycles. The predicted molar refractivity (Wildman–Crippen MR) is 65.8 cm³/mol. The van der Waals surface area contributed by atoms with Crippen LogP contribution in [0, 0.1) is 6.92 Å². The van der Waals surface area contributed by atoms with Crippen LogP contribution in [0.25, 0.3) is 0 Å². The number of benzene rings is 1. The number of methoxy groups -OCH3 is 2. The highest BCUT2D eigenvalue weighted by molar-refractivity contribution is 5.38. The fourth-order valence-corrected chi connectivity index (χ4v) is 1.85. The van der Waals surface area contributed by atoms with Crippen LogP contribution < -0.4 is 10.5 Å². The molecule has 0 spiro atoms. The van der Waals surface area contributed by atoms with Crippen molar-refractivity contribution >= 4 is 0 Å². The van der Waals surface area contributed by atoms with E-state index in [9.17, 15) is 0 Å². The van der Waals surface area contributed by atoms with Crippen molar-refractivity contribution in [2.45, 2.75) is 25.8 Å². The van der Waals surface area contributed by atoms with Crippen molar-refractivity contribution in [1.29, 1.82) is 0 Å². The molecule has 0 amide bonds. The molecule has 0 heterocycles. The molecular weight excluding hydrogens is 202 g/mol. The first-order chi connectivity index (χ1) is 7.51. The second-order valence-electron chi connectivity index (χ2n) is 4.34. The Morgan fingerprint density at radius 3 is 2.50 bits per heavy atom. The average Bonchev–Trinajstić information content (AvgIpc) is 2.25. The number of rotatable bonds is 5. The molecule has 1 aromatic carbocycles. The molecule has 0 aliphatic rings. The molecule has 0 saturated carbocycles. The van der Waals surface area contributed by atoms with Gasteiger partial charge in [0.1, 0.15) is 5.75 Å². The van der Waals surface area contributed by atoms with Gasteiger partial charge in [0.2, 0.25) is 0 Å². The van der Waals surface area contributed by atoms with E-state index in [0.717, 1.165) is 23.3 Å². The van der Waals surface area contributed by atoms with Crippen LogP contribution in [0.3, 0.4) is 0 Å². The molecular formula is C13H21NO2. The molecule has 3 nitrogen and oxygen atoms in total. The summed E-state index contributed by atoms with van der Waals surface area (Å²) < 4.78 is 10.3. The molecule has 1 aromatic rings. The van der Waals surface area contributed by atoms with Gasteiger partial charge < -0.3 is 15.2 Å². The molecule has 16 heavy (non-hydrogen) atoms. The highest BCUT2D eigenvalue weighted by Crippen LogP contribution is 2.27. The van der Waals surface area contributed by atoms with Crippen LogP contribution in [0.4, 0.5) is 0 Å². The second-order valence-corrected chi connectivity index (χ2v) is 4.34. The Hall–Kier alpha value is -1.06. The minimum Gasteiger partial charge on any atom is -0.497 e. The molecule has 2 N–H and O–H groups in total. The van der Waals surface area contributed by atoms with Crippen LogP contribution in [0.5, 0.6) is 5.75 Å². The van der Waals surface area contributed by atoms with Crippen molar-refractivity contribution in [3.05, 3.63) is 29.3 Å². The second kappa shape index (κ2) is 5.32. The van der Waals surface area contributed by atoms with E-state index >= 15 is 0 Å². The fraction of sp³-hybridized carbons (Fsp3) is 0.538. The van der Waals surface area contributed by atoms with Gasteiger partial charge in [0.25, 0.3) is 0 Å². The van der Waals surface area contributed by atoms with Crippen molar-refractivity contribution < 1.29 is 9.47 Å². The van der Waals surface area contributed by atoms with Crippen LogP contribution in [0.15, 0.2) is 18.2 Å². The van der Waals surface area contributed by atoms with E-state index in [1.165, 1.54) is 0 Å². The minimum absolute atomic E-state index is 0.355. The molecule has 1 atom stereocenters. The third-order valence-corrected chi connectivity index (χ3v) is 2.87. The smallest absolute Gasteiger partial charge is 0.119 e. The summed E-state index contributed by atoms with van der Waals surface area (Å²) in [6.45, 7) is 4.75. The quantitative estimate of drug-likeness (QED) is 0.832. The van der Waals surface area contributed by atoms with Crippen molar-refractivity contribution in [3.8, 4) is 5.75 Å². The van der Waals surface area contributed by atoms with Gasteiger partial charge >= 0.3 is 0 Å². The van der Waals surface area contributed by atoms with Gasteiger partial charge in [0.15, 0.2) is 0 Å². The maximum absolute atomic E-state index is 6.30. The first-order valence-electron chi connectivity index (χ1n) is 5.44. The third-order valence-electron chi connectivity index (χ3n) is 2.87. The fourth-order valence-electron chi connectivity index (χ4n) is 1.85.